The number of hydrogen-bond acceptors (Lipinski definition) is 1. The number of allylic oxidation sites excluding steroid dienone is 5. The fraction of sp³-hybridized carbons (Fsp3) is 0.182. The van der Waals surface area contributed by atoms with Crippen LogP contribution in [-0.4, -0.2) is 17.9 Å². The molecule has 1 aliphatic heterocycles. The van der Waals surface area contributed by atoms with Crippen molar-refractivity contribution < 1.29 is 4.79 Å². The van der Waals surface area contributed by atoms with Crippen molar-refractivity contribution in [2.45, 2.75) is 6.92 Å². The first kappa shape index (κ1) is 9.52. The summed E-state index contributed by atoms with van der Waals surface area (Å²) in [6.45, 7) is 5.49. The molecular formula is C11H13NO. The van der Waals surface area contributed by atoms with Gasteiger partial charge in [-0.3, -0.25) is 4.79 Å². The lowest BCUT2D eigenvalue weighted by molar-refractivity contribution is -0.122. The average Bonchev–Trinajstić information content (AvgIpc) is 2.32. The van der Waals surface area contributed by atoms with E-state index < -0.39 is 0 Å². The minimum Gasteiger partial charge on any atom is -0.312 e. The number of amides is 1. The topological polar surface area (TPSA) is 20.3 Å². The van der Waals surface area contributed by atoms with Crippen molar-refractivity contribution >= 4 is 5.91 Å². The van der Waals surface area contributed by atoms with Crippen LogP contribution in [0.3, 0.4) is 0 Å². The normalized spacial score (nSPS) is 20.2. The zero-order valence-corrected chi connectivity index (χ0v) is 7.95. The van der Waals surface area contributed by atoms with Gasteiger partial charge in [-0.15, -0.1) is 0 Å². The van der Waals surface area contributed by atoms with Crippen LogP contribution < -0.4 is 0 Å². The van der Waals surface area contributed by atoms with Crippen LogP contribution in [-0.2, 0) is 4.79 Å². The molecule has 0 atom stereocenters. The summed E-state index contributed by atoms with van der Waals surface area (Å²) in [4.78, 5) is 12.8. The van der Waals surface area contributed by atoms with Crippen molar-refractivity contribution in [3.63, 3.8) is 0 Å². The molecule has 1 heterocycles. The standard InChI is InChI=1S/C11H13NO/c1-4-5-6-7-10-9(2)8-11(13)12(10)3/h4-8H,1H2,2-3H3/b6-5-,10-7+. The lowest BCUT2D eigenvalue weighted by atomic mass is 10.2. The van der Waals surface area contributed by atoms with Crippen LogP contribution in [0.4, 0.5) is 0 Å². The Bertz CT molecular complexity index is 321. The molecule has 0 radical (unpaired) electrons. The zero-order valence-electron chi connectivity index (χ0n) is 7.95. The van der Waals surface area contributed by atoms with Crippen LogP contribution >= 0.6 is 0 Å². The Hall–Kier alpha value is -1.57. The van der Waals surface area contributed by atoms with Gasteiger partial charge in [0.1, 0.15) is 0 Å². The summed E-state index contributed by atoms with van der Waals surface area (Å²) in [7, 11) is 1.77. The maximum atomic E-state index is 11.2. The highest BCUT2D eigenvalue weighted by molar-refractivity contribution is 5.94. The van der Waals surface area contributed by atoms with Crippen LogP contribution in [0.5, 0.6) is 0 Å². The highest BCUT2D eigenvalue weighted by Crippen LogP contribution is 2.20. The van der Waals surface area contributed by atoms with Crippen molar-refractivity contribution in [3.05, 3.63) is 48.2 Å². The van der Waals surface area contributed by atoms with Crippen molar-refractivity contribution in [1.29, 1.82) is 0 Å². The number of carbonyl (C=O) groups excluding carboxylic acids is 1. The van der Waals surface area contributed by atoms with Crippen molar-refractivity contribution in [2.24, 2.45) is 0 Å². The molecule has 0 aromatic carbocycles. The second kappa shape index (κ2) is 3.90. The maximum absolute atomic E-state index is 11.2. The summed E-state index contributed by atoms with van der Waals surface area (Å²) in [6, 6.07) is 0. The predicted molar refractivity (Wildman–Crippen MR) is 53.9 cm³/mol. The van der Waals surface area contributed by atoms with Gasteiger partial charge in [0, 0.05) is 18.8 Å². The molecule has 1 amide bonds. The third-order valence-electron chi connectivity index (χ3n) is 1.94. The summed E-state index contributed by atoms with van der Waals surface area (Å²) in [6.07, 6.45) is 8.94. The van der Waals surface area contributed by atoms with E-state index in [9.17, 15) is 4.79 Å². The minimum atomic E-state index is 0.0377. The highest BCUT2D eigenvalue weighted by atomic mass is 16.2. The van der Waals surface area contributed by atoms with Crippen molar-refractivity contribution in [3.8, 4) is 0 Å². The molecule has 0 N–H and O–H groups in total. The van der Waals surface area contributed by atoms with Gasteiger partial charge < -0.3 is 4.90 Å². The molecule has 0 spiro atoms. The van der Waals surface area contributed by atoms with E-state index in [1.54, 1.807) is 24.1 Å². The molecule has 0 saturated carbocycles. The third-order valence-corrected chi connectivity index (χ3v) is 1.94. The SMILES string of the molecule is C=C/C=C\C=C1/C(C)=CC(=O)N1C. The van der Waals surface area contributed by atoms with Gasteiger partial charge in [0.15, 0.2) is 0 Å². The number of nitrogens with zero attached hydrogens (tertiary/aromatic N) is 1. The summed E-state index contributed by atoms with van der Waals surface area (Å²) in [5.74, 6) is 0.0377. The molecule has 1 rings (SSSR count). The fourth-order valence-corrected chi connectivity index (χ4v) is 1.21. The first-order valence-corrected chi connectivity index (χ1v) is 4.12. The van der Waals surface area contributed by atoms with E-state index in [0.29, 0.717) is 0 Å². The Morgan fingerprint density at radius 2 is 2.15 bits per heavy atom. The van der Waals surface area contributed by atoms with E-state index in [0.717, 1.165) is 11.3 Å². The molecule has 0 aliphatic carbocycles. The molecule has 13 heavy (non-hydrogen) atoms. The van der Waals surface area contributed by atoms with E-state index in [1.165, 1.54) is 0 Å². The molecule has 1 aliphatic rings. The van der Waals surface area contributed by atoms with Gasteiger partial charge in [-0.2, -0.15) is 0 Å². The molecule has 2 heteroatoms. The lowest BCUT2D eigenvalue weighted by Crippen LogP contribution is -2.18. The largest absolute Gasteiger partial charge is 0.312 e. The molecule has 0 aromatic rings. The Balaban J connectivity index is 2.87. The van der Waals surface area contributed by atoms with Crippen LogP contribution in [0, 0.1) is 0 Å². The monoisotopic (exact) mass is 175 g/mol. The minimum absolute atomic E-state index is 0.0377. The summed E-state index contributed by atoms with van der Waals surface area (Å²) in [5.41, 5.74) is 1.95. The molecule has 0 unspecified atom stereocenters. The van der Waals surface area contributed by atoms with Crippen molar-refractivity contribution in [2.75, 3.05) is 7.05 Å². The second-order valence-corrected chi connectivity index (χ2v) is 2.90. The highest BCUT2D eigenvalue weighted by Gasteiger charge is 2.19. The third kappa shape index (κ3) is 1.96. The second-order valence-electron chi connectivity index (χ2n) is 2.90. The van der Waals surface area contributed by atoms with E-state index in [4.69, 9.17) is 0 Å². The van der Waals surface area contributed by atoms with Crippen LogP contribution in [0.2, 0.25) is 0 Å². The van der Waals surface area contributed by atoms with Gasteiger partial charge in [-0.1, -0.05) is 24.8 Å². The smallest absolute Gasteiger partial charge is 0.251 e. The molecule has 68 valence electrons. The summed E-state index contributed by atoms with van der Waals surface area (Å²) >= 11 is 0. The van der Waals surface area contributed by atoms with Gasteiger partial charge in [-0.25, -0.2) is 0 Å². The molecule has 0 aromatic heterocycles. The number of hydrogen-bond donors (Lipinski definition) is 0. The molecule has 0 bridgehead atoms. The van der Waals surface area contributed by atoms with Gasteiger partial charge in [-0.05, 0) is 18.6 Å². The lowest BCUT2D eigenvalue weighted by Gasteiger charge is -2.11. The van der Waals surface area contributed by atoms with E-state index >= 15 is 0 Å². The van der Waals surface area contributed by atoms with Gasteiger partial charge in [0.05, 0.1) is 0 Å². The number of likely N-dealkylation sites (N-methyl/N-ethyl adjacent to an activating group) is 1. The summed E-state index contributed by atoms with van der Waals surface area (Å²) < 4.78 is 0. The van der Waals surface area contributed by atoms with Crippen LogP contribution in [0.1, 0.15) is 6.92 Å². The summed E-state index contributed by atoms with van der Waals surface area (Å²) in [5, 5.41) is 0. The van der Waals surface area contributed by atoms with Gasteiger partial charge in [0.2, 0.25) is 0 Å². The quantitative estimate of drug-likeness (QED) is 0.588. The molecule has 0 fully saturated rings. The van der Waals surface area contributed by atoms with Crippen LogP contribution in [0.25, 0.3) is 0 Å². The Labute approximate surface area is 78.5 Å². The van der Waals surface area contributed by atoms with E-state index in [-0.39, 0.29) is 5.91 Å². The Kier molecular flexibility index (Phi) is 2.85. The number of rotatable bonds is 2. The molecular weight excluding hydrogens is 162 g/mol. The first-order valence-electron chi connectivity index (χ1n) is 4.12. The maximum Gasteiger partial charge on any atom is 0.251 e. The fourth-order valence-electron chi connectivity index (χ4n) is 1.21. The van der Waals surface area contributed by atoms with Gasteiger partial charge in [0.25, 0.3) is 5.91 Å². The Morgan fingerprint density at radius 1 is 1.46 bits per heavy atom. The first-order chi connectivity index (χ1) is 6.16. The molecule has 0 saturated heterocycles. The number of carbonyl (C=O) groups is 1. The van der Waals surface area contributed by atoms with Crippen molar-refractivity contribution in [1.82, 2.24) is 4.90 Å². The zero-order chi connectivity index (χ0) is 9.84. The van der Waals surface area contributed by atoms with Crippen LogP contribution in [0.15, 0.2) is 48.2 Å². The Morgan fingerprint density at radius 3 is 2.62 bits per heavy atom. The van der Waals surface area contributed by atoms with Gasteiger partial charge >= 0.3 is 0 Å². The van der Waals surface area contributed by atoms with E-state index in [2.05, 4.69) is 6.58 Å². The van der Waals surface area contributed by atoms with E-state index in [1.807, 2.05) is 25.2 Å². The molecule has 2 nitrogen and oxygen atoms in total. The predicted octanol–water partition coefficient (Wildman–Crippen LogP) is 2.03. The average molecular weight is 175 g/mol.